The van der Waals surface area contributed by atoms with E-state index in [2.05, 4.69) is 73.4 Å². The summed E-state index contributed by atoms with van der Waals surface area (Å²) in [6, 6.07) is -6.99. The summed E-state index contributed by atoms with van der Waals surface area (Å²) in [5.41, 5.74) is 30.3. The summed E-state index contributed by atoms with van der Waals surface area (Å²) >= 11 is 1.36. The molecule has 0 unspecified atom stereocenters. The Bertz CT molecular complexity index is 3170. The third-order valence-electron chi connectivity index (χ3n) is 17.4. The summed E-state index contributed by atoms with van der Waals surface area (Å²) in [5.74, 6) is -10.1. The number of H-pyrrole nitrogens is 2. The number of fused-ring (bicyclic) bond motifs is 1. The molecule has 0 aliphatic heterocycles. The average Bonchev–Trinajstić information content (AvgIpc) is 1.74. The number of carbonyl (C=O) groups is 12. The maximum absolute atomic E-state index is 14.7. The third kappa shape index (κ3) is 31.7. The summed E-state index contributed by atoms with van der Waals surface area (Å²) in [6.07, 6.45) is 8.42. The van der Waals surface area contributed by atoms with E-state index < -0.39 is 156 Å². The van der Waals surface area contributed by atoms with Crippen molar-refractivity contribution < 1.29 is 62.6 Å². The van der Waals surface area contributed by atoms with Crippen LogP contribution in [-0.4, -0.2) is 202 Å². The van der Waals surface area contributed by atoms with Crippen molar-refractivity contribution in [2.45, 2.75) is 238 Å². The Labute approximate surface area is 609 Å². The number of thioether (sulfide) groups is 1. The highest BCUT2D eigenvalue weighted by Crippen LogP contribution is 2.21. The van der Waals surface area contributed by atoms with E-state index in [0.29, 0.717) is 75.0 Å². The summed E-state index contributed by atoms with van der Waals surface area (Å²) < 4.78 is 0. The SMILES string of the molecule is CC[C@H](C)[C@H](NC(=O)[C@H](Cc1cnc[nH]1)NC(=O)[C@H](CCCCN)NC(=O)[C@H](CC(C)C)NC(=O)[C@H](CC(C)C)NC(=O)[C@@H](NC(=O)[C@H](CCSC)NC(=O)[C@H](Cc1c[nH]c2ccccc12)NC(=O)[C@H](CCCCN)NC(=O)CN)[C@@H](C)O)C(=O)N[C@@H](CC(C)C)C(=O)N[C@@H](CCCCN)C(N)=O. The molecule has 0 aliphatic rings. The fraction of sp³-hybridized carbons (Fsp3) is 0.671. The first-order chi connectivity index (χ1) is 48.9. The van der Waals surface area contributed by atoms with Crippen LogP contribution < -0.4 is 87.2 Å². The van der Waals surface area contributed by atoms with Gasteiger partial charge in [-0.05, 0) is 157 Å². The van der Waals surface area contributed by atoms with Gasteiger partial charge in [-0.2, -0.15) is 11.8 Å². The Morgan fingerprint density at radius 1 is 0.476 bits per heavy atom. The van der Waals surface area contributed by atoms with Crippen LogP contribution in [0.3, 0.4) is 0 Å². The Morgan fingerprint density at radius 3 is 1.33 bits per heavy atom. The number of amides is 12. The van der Waals surface area contributed by atoms with Crippen molar-refractivity contribution in [2.24, 2.45) is 52.3 Å². The van der Waals surface area contributed by atoms with Gasteiger partial charge in [0.05, 0.1) is 19.0 Å². The van der Waals surface area contributed by atoms with Crippen LogP contribution in [-0.2, 0) is 70.4 Å². The smallest absolute Gasteiger partial charge is 0.245 e. The lowest BCUT2D eigenvalue weighted by molar-refractivity contribution is -0.137. The number of hydrogen-bond donors (Lipinski definition) is 19. The quantitative estimate of drug-likeness (QED) is 0.0306. The lowest BCUT2D eigenvalue weighted by Crippen LogP contribution is -2.62. The number of nitrogens with zero attached hydrogens (tertiary/aromatic N) is 1. The Kier molecular flexibility index (Phi) is 40.8. The monoisotopic (exact) mass is 1470 g/mol. The van der Waals surface area contributed by atoms with Gasteiger partial charge < -0.3 is 102 Å². The van der Waals surface area contributed by atoms with E-state index in [9.17, 15) is 62.6 Å². The minimum absolute atomic E-state index is 0.00154. The van der Waals surface area contributed by atoms with Crippen LogP contribution in [0.4, 0.5) is 0 Å². The molecule has 3 rings (SSSR count). The fourth-order valence-electron chi connectivity index (χ4n) is 11.5. The molecule has 13 atom stereocenters. The van der Waals surface area contributed by atoms with E-state index in [1.54, 1.807) is 47.1 Å². The summed E-state index contributed by atoms with van der Waals surface area (Å²) in [5, 5.41) is 42.0. The lowest BCUT2D eigenvalue weighted by atomic mass is 9.96. The average molecular weight is 1470 g/mol. The van der Waals surface area contributed by atoms with Gasteiger partial charge in [0.2, 0.25) is 70.9 Å². The number of nitrogens with one attached hydrogen (secondary N) is 13. The number of aliphatic hydroxyl groups excluding tert-OH is 1. The lowest BCUT2D eigenvalue weighted by Gasteiger charge is -2.30. The first-order valence-electron chi connectivity index (χ1n) is 36.0. The molecule has 1 aromatic carbocycles. The van der Waals surface area contributed by atoms with Gasteiger partial charge in [0.25, 0.3) is 0 Å². The molecule has 2 heterocycles. The van der Waals surface area contributed by atoms with Crippen LogP contribution in [0.1, 0.15) is 163 Å². The number of primary amides is 1. The van der Waals surface area contributed by atoms with Crippen LogP contribution in [0, 0.1) is 23.7 Å². The van der Waals surface area contributed by atoms with E-state index in [-0.39, 0.29) is 82.1 Å². The van der Waals surface area contributed by atoms with E-state index >= 15 is 0 Å². The van der Waals surface area contributed by atoms with Crippen LogP contribution in [0.15, 0.2) is 43.0 Å². The number of para-hydroxylation sites is 1. The second kappa shape index (κ2) is 47.2. The highest BCUT2D eigenvalue weighted by Gasteiger charge is 2.39. The summed E-state index contributed by atoms with van der Waals surface area (Å²) in [4.78, 5) is 180. The number of aromatic nitrogens is 3. The maximum atomic E-state index is 14.7. The molecule has 0 saturated carbocycles. The highest BCUT2D eigenvalue weighted by atomic mass is 32.2. The van der Waals surface area contributed by atoms with Crippen molar-refractivity contribution in [1.82, 2.24) is 73.4 Å². The minimum atomic E-state index is -1.72. The summed E-state index contributed by atoms with van der Waals surface area (Å²) in [6.45, 7) is 16.2. The van der Waals surface area contributed by atoms with Crippen molar-refractivity contribution in [2.75, 3.05) is 38.2 Å². The molecule has 2 aromatic heterocycles. The zero-order chi connectivity index (χ0) is 76.9. The molecule has 3 aromatic rings. The van der Waals surface area contributed by atoms with Crippen molar-refractivity contribution in [3.8, 4) is 0 Å². The van der Waals surface area contributed by atoms with Crippen LogP contribution in [0.25, 0.3) is 10.9 Å². The van der Waals surface area contributed by atoms with Gasteiger partial charge in [0.15, 0.2) is 0 Å². The molecule has 33 heteroatoms. The van der Waals surface area contributed by atoms with E-state index in [1.807, 2.05) is 45.0 Å². The van der Waals surface area contributed by atoms with Crippen molar-refractivity contribution in [3.63, 3.8) is 0 Å². The molecule has 32 nitrogen and oxygen atoms in total. The molecule has 0 radical (unpaired) electrons. The molecule has 0 aliphatic carbocycles. The van der Waals surface area contributed by atoms with Gasteiger partial charge in [0.1, 0.15) is 66.5 Å². The Morgan fingerprint density at radius 2 is 0.874 bits per heavy atom. The largest absolute Gasteiger partial charge is 0.391 e. The number of unbranched alkanes of at least 4 members (excludes halogenated alkanes) is 3. The Balaban J connectivity index is 1.94. The van der Waals surface area contributed by atoms with Crippen LogP contribution >= 0.6 is 11.8 Å². The molecule has 578 valence electrons. The van der Waals surface area contributed by atoms with Gasteiger partial charge in [-0.25, -0.2) is 4.98 Å². The molecule has 0 bridgehead atoms. The molecule has 24 N–H and O–H groups in total. The second-order valence-electron chi connectivity index (χ2n) is 27.7. The number of aliphatic hydroxyl groups is 1. The van der Waals surface area contributed by atoms with E-state index in [1.165, 1.54) is 31.2 Å². The third-order valence-corrected chi connectivity index (χ3v) is 18.1. The summed E-state index contributed by atoms with van der Waals surface area (Å²) in [7, 11) is 0. The molecule has 0 saturated heterocycles. The van der Waals surface area contributed by atoms with E-state index in [0.717, 1.165) is 10.9 Å². The normalized spacial score (nSPS) is 15.3. The fourth-order valence-corrected chi connectivity index (χ4v) is 12.0. The second-order valence-corrected chi connectivity index (χ2v) is 28.7. The van der Waals surface area contributed by atoms with Gasteiger partial charge in [-0.3, -0.25) is 57.5 Å². The number of aromatic amines is 2. The van der Waals surface area contributed by atoms with Crippen molar-refractivity contribution in [1.29, 1.82) is 0 Å². The number of benzene rings is 1. The Hall–Kier alpha value is -8.24. The standard InChI is InChI=1S/C70H119N19O13S/c1-11-42(8)58(69(101)86-53(31-40(4)5)64(96)80-48(60(75)92)22-14-17-26-71)88-68(100)56(34-45-37-76-38-78-45)85-62(94)50(24-16-19-28-73)81-65(97)52(30-39(2)3)83-66(98)54(32-41(6)7)87-70(102)59(43(9)90)89-63(95)51(25-29-103-10)82-67(99)55(33-44-36-77-47-21-13-12-20-46(44)47)84-61(93)49(23-15-18-27-72)79-57(91)35-74/h12-13,20-21,36-43,48-56,58-59,77,90H,11,14-19,22-35,71-74H2,1-10H3,(H2,75,92)(H,76,78)(H,79,91)(H,80,96)(H,81,97)(H,82,99)(H,83,98)(H,84,93)(H,85,94)(H,86,101)(H,87,102)(H,88,100)(H,89,95)/t42-,43+,48-,49-,50-,51-,52-,53-,54-,55-,56-,58-,59-/m0/s1. The molecule has 12 amide bonds. The van der Waals surface area contributed by atoms with E-state index in [4.69, 9.17) is 28.7 Å². The minimum Gasteiger partial charge on any atom is -0.391 e. The van der Waals surface area contributed by atoms with Crippen molar-refractivity contribution in [3.05, 3.63) is 54.2 Å². The predicted molar refractivity (Wildman–Crippen MR) is 395 cm³/mol. The molecule has 0 spiro atoms. The topological polar surface area (TPSA) is 532 Å². The highest BCUT2D eigenvalue weighted by molar-refractivity contribution is 7.98. The van der Waals surface area contributed by atoms with Crippen LogP contribution in [0.2, 0.25) is 0 Å². The van der Waals surface area contributed by atoms with Gasteiger partial charge >= 0.3 is 0 Å². The number of hydrogen-bond acceptors (Lipinski definition) is 19. The maximum Gasteiger partial charge on any atom is 0.245 e. The number of nitrogens with two attached hydrogens (primary N) is 5. The molecular weight excluding hydrogens is 1350 g/mol. The first kappa shape index (κ1) is 89.0. The predicted octanol–water partition coefficient (Wildman–Crippen LogP) is -0.842. The number of rotatable bonds is 51. The molecule has 0 fully saturated rings. The zero-order valence-corrected chi connectivity index (χ0v) is 62.5. The van der Waals surface area contributed by atoms with Crippen LogP contribution in [0.5, 0.6) is 0 Å². The molecule has 103 heavy (non-hydrogen) atoms. The zero-order valence-electron chi connectivity index (χ0n) is 61.7. The molecular formula is C70H119N19O13S. The van der Waals surface area contributed by atoms with Crippen molar-refractivity contribution >= 4 is 93.6 Å². The number of carbonyl (C=O) groups excluding carboxylic acids is 12. The van der Waals surface area contributed by atoms with Gasteiger partial charge in [-0.15, -0.1) is 0 Å². The van der Waals surface area contributed by atoms with Gasteiger partial charge in [0, 0.05) is 41.8 Å². The number of imidazole rings is 1. The van der Waals surface area contributed by atoms with Gasteiger partial charge in [-0.1, -0.05) is 80.0 Å². The first-order valence-corrected chi connectivity index (χ1v) is 37.4.